The van der Waals surface area contributed by atoms with E-state index in [-0.39, 0.29) is 5.75 Å². The normalized spacial score (nSPS) is 16.1. The molecule has 1 aromatic carbocycles. The number of piperidine rings is 1. The molecule has 5 nitrogen and oxygen atoms in total. The fourth-order valence-corrected chi connectivity index (χ4v) is 4.46. The monoisotopic (exact) mass is 359 g/mol. The lowest BCUT2D eigenvalue weighted by Gasteiger charge is -2.33. The third-order valence-electron chi connectivity index (χ3n) is 4.66. The van der Waals surface area contributed by atoms with Gasteiger partial charge in [0, 0.05) is 25.8 Å². The van der Waals surface area contributed by atoms with Crippen LogP contribution in [0.2, 0.25) is 0 Å². The van der Waals surface area contributed by atoms with Gasteiger partial charge in [0.15, 0.2) is 0 Å². The minimum absolute atomic E-state index is 0.0449. The minimum atomic E-state index is -3.29. The predicted molar refractivity (Wildman–Crippen MR) is 101 cm³/mol. The summed E-state index contributed by atoms with van der Waals surface area (Å²) in [7, 11) is -3.29. The molecule has 0 bridgehead atoms. The lowest BCUT2D eigenvalue weighted by atomic mass is 9.97. The largest absolute Gasteiger partial charge is 0.370 e. The van der Waals surface area contributed by atoms with Gasteiger partial charge in [-0.25, -0.2) is 13.1 Å². The SMILES string of the molecule is Cc1cccc(CS(=O)(=O)NCC2CCN(c3cccnc3)CC2)c1. The van der Waals surface area contributed by atoms with Crippen molar-refractivity contribution in [3.05, 3.63) is 59.9 Å². The van der Waals surface area contributed by atoms with E-state index in [4.69, 9.17) is 0 Å². The van der Waals surface area contributed by atoms with Crippen LogP contribution in [0.1, 0.15) is 24.0 Å². The predicted octanol–water partition coefficient (Wildman–Crippen LogP) is 2.73. The fraction of sp³-hybridized carbons (Fsp3) is 0.421. The van der Waals surface area contributed by atoms with Crippen molar-refractivity contribution >= 4 is 15.7 Å². The summed E-state index contributed by atoms with van der Waals surface area (Å²) in [5.74, 6) is 0.434. The second kappa shape index (κ2) is 7.97. The maximum absolute atomic E-state index is 12.3. The number of sulfonamides is 1. The molecule has 0 unspecified atom stereocenters. The van der Waals surface area contributed by atoms with Gasteiger partial charge in [-0.3, -0.25) is 4.98 Å². The van der Waals surface area contributed by atoms with E-state index in [2.05, 4.69) is 20.7 Å². The molecule has 134 valence electrons. The number of benzene rings is 1. The quantitative estimate of drug-likeness (QED) is 0.861. The maximum atomic E-state index is 12.3. The average molecular weight is 359 g/mol. The van der Waals surface area contributed by atoms with Crippen LogP contribution in [-0.4, -0.2) is 33.0 Å². The van der Waals surface area contributed by atoms with Gasteiger partial charge in [-0.2, -0.15) is 0 Å². The molecule has 0 saturated carbocycles. The summed E-state index contributed by atoms with van der Waals surface area (Å²) >= 11 is 0. The zero-order valence-electron chi connectivity index (χ0n) is 14.6. The minimum Gasteiger partial charge on any atom is -0.370 e. The highest BCUT2D eigenvalue weighted by Crippen LogP contribution is 2.22. The molecule has 6 heteroatoms. The van der Waals surface area contributed by atoms with Crippen molar-refractivity contribution in [3.8, 4) is 0 Å². The Hall–Kier alpha value is -1.92. The number of hydrogen-bond donors (Lipinski definition) is 1. The molecule has 3 rings (SSSR count). The van der Waals surface area contributed by atoms with Crippen LogP contribution in [0.25, 0.3) is 0 Å². The number of nitrogens with zero attached hydrogens (tertiary/aromatic N) is 2. The lowest BCUT2D eigenvalue weighted by molar-refractivity contribution is 0.402. The number of anilines is 1. The van der Waals surface area contributed by atoms with Crippen LogP contribution >= 0.6 is 0 Å². The van der Waals surface area contributed by atoms with Gasteiger partial charge in [-0.1, -0.05) is 29.8 Å². The zero-order valence-corrected chi connectivity index (χ0v) is 15.4. The third-order valence-corrected chi connectivity index (χ3v) is 5.98. The van der Waals surface area contributed by atoms with Crippen molar-refractivity contribution in [3.63, 3.8) is 0 Å². The van der Waals surface area contributed by atoms with Crippen LogP contribution in [0, 0.1) is 12.8 Å². The van der Waals surface area contributed by atoms with Crippen LogP contribution in [0.15, 0.2) is 48.8 Å². The molecule has 0 amide bonds. The summed E-state index contributed by atoms with van der Waals surface area (Å²) in [4.78, 5) is 6.47. The molecule has 2 aromatic rings. The number of nitrogens with one attached hydrogen (secondary N) is 1. The first-order valence-corrected chi connectivity index (χ1v) is 10.3. The number of pyridine rings is 1. The van der Waals surface area contributed by atoms with Gasteiger partial charge >= 0.3 is 0 Å². The summed E-state index contributed by atoms with van der Waals surface area (Å²) in [5.41, 5.74) is 3.05. The van der Waals surface area contributed by atoms with Gasteiger partial charge in [-0.05, 0) is 43.4 Å². The fourth-order valence-electron chi connectivity index (χ4n) is 3.25. The number of aromatic nitrogens is 1. The van der Waals surface area contributed by atoms with Crippen LogP contribution < -0.4 is 9.62 Å². The Labute approximate surface area is 150 Å². The van der Waals surface area contributed by atoms with Crippen LogP contribution in [-0.2, 0) is 15.8 Å². The maximum Gasteiger partial charge on any atom is 0.215 e. The van der Waals surface area contributed by atoms with Crippen molar-refractivity contribution in [2.24, 2.45) is 5.92 Å². The Balaban J connectivity index is 1.47. The summed E-state index contributed by atoms with van der Waals surface area (Å²) in [6.07, 6.45) is 5.63. The summed E-state index contributed by atoms with van der Waals surface area (Å²) in [5, 5.41) is 0. The van der Waals surface area contributed by atoms with E-state index in [1.165, 1.54) is 0 Å². The Morgan fingerprint density at radius 2 is 2.00 bits per heavy atom. The first kappa shape index (κ1) is 17.9. The van der Waals surface area contributed by atoms with Gasteiger partial charge in [0.25, 0.3) is 0 Å². The van der Waals surface area contributed by atoms with E-state index >= 15 is 0 Å². The van der Waals surface area contributed by atoms with Crippen molar-refractivity contribution < 1.29 is 8.42 Å². The van der Waals surface area contributed by atoms with Crippen molar-refractivity contribution in [2.45, 2.75) is 25.5 Å². The molecule has 25 heavy (non-hydrogen) atoms. The standard InChI is InChI=1S/C19H25N3O2S/c1-16-4-2-5-18(12-16)15-25(23,24)21-13-17-7-10-22(11-8-17)19-6-3-9-20-14-19/h2-6,9,12,14,17,21H,7-8,10-11,13,15H2,1H3. The molecule has 2 heterocycles. The molecule has 1 N–H and O–H groups in total. The highest BCUT2D eigenvalue weighted by atomic mass is 32.2. The highest BCUT2D eigenvalue weighted by Gasteiger charge is 2.21. The molecular formula is C19H25N3O2S. The van der Waals surface area contributed by atoms with Gasteiger partial charge in [0.05, 0.1) is 17.6 Å². The second-order valence-corrected chi connectivity index (χ2v) is 8.55. The summed E-state index contributed by atoms with van der Waals surface area (Å²) < 4.78 is 27.4. The topological polar surface area (TPSA) is 62.3 Å². The molecular weight excluding hydrogens is 334 g/mol. The molecule has 1 fully saturated rings. The number of aryl methyl sites for hydroxylation is 1. The van der Waals surface area contributed by atoms with Crippen LogP contribution in [0.4, 0.5) is 5.69 Å². The van der Waals surface area contributed by atoms with Crippen LogP contribution in [0.5, 0.6) is 0 Å². The molecule has 0 radical (unpaired) electrons. The summed E-state index contributed by atoms with van der Waals surface area (Å²) in [6, 6.07) is 11.7. The van der Waals surface area contributed by atoms with E-state index < -0.39 is 10.0 Å². The first-order valence-electron chi connectivity index (χ1n) is 8.70. The van der Waals surface area contributed by atoms with Gasteiger partial charge < -0.3 is 4.90 Å². The van der Waals surface area contributed by atoms with E-state index in [1.807, 2.05) is 43.5 Å². The van der Waals surface area contributed by atoms with Gasteiger partial charge in [-0.15, -0.1) is 0 Å². The van der Waals surface area contributed by atoms with Crippen molar-refractivity contribution in [1.29, 1.82) is 0 Å². The van der Waals surface area contributed by atoms with Gasteiger partial charge in [0.1, 0.15) is 0 Å². The first-order chi connectivity index (χ1) is 12.0. The average Bonchev–Trinajstić information content (AvgIpc) is 2.61. The molecule has 1 aromatic heterocycles. The Morgan fingerprint density at radius 3 is 2.68 bits per heavy atom. The van der Waals surface area contributed by atoms with E-state index in [0.717, 1.165) is 42.7 Å². The van der Waals surface area contributed by atoms with Crippen LogP contribution in [0.3, 0.4) is 0 Å². The zero-order chi connectivity index (χ0) is 17.7. The smallest absolute Gasteiger partial charge is 0.215 e. The molecule has 0 aliphatic carbocycles. The van der Waals surface area contributed by atoms with E-state index in [9.17, 15) is 8.42 Å². The van der Waals surface area contributed by atoms with Crippen molar-refractivity contribution in [1.82, 2.24) is 9.71 Å². The highest BCUT2D eigenvalue weighted by molar-refractivity contribution is 7.88. The molecule has 0 atom stereocenters. The molecule has 0 spiro atoms. The molecule has 1 aliphatic rings. The van der Waals surface area contributed by atoms with Gasteiger partial charge in [0.2, 0.25) is 10.0 Å². The molecule has 1 saturated heterocycles. The number of rotatable bonds is 6. The number of hydrogen-bond acceptors (Lipinski definition) is 4. The van der Waals surface area contributed by atoms with E-state index in [1.54, 1.807) is 6.20 Å². The summed E-state index contributed by atoms with van der Waals surface area (Å²) in [6.45, 7) is 4.38. The second-order valence-electron chi connectivity index (χ2n) is 6.74. The Morgan fingerprint density at radius 1 is 1.20 bits per heavy atom. The lowest BCUT2D eigenvalue weighted by Crippen LogP contribution is -2.39. The third kappa shape index (κ3) is 5.28. The Kier molecular flexibility index (Phi) is 5.71. The molecule has 1 aliphatic heterocycles. The van der Waals surface area contributed by atoms with E-state index in [0.29, 0.717) is 12.5 Å². The van der Waals surface area contributed by atoms with Crippen molar-refractivity contribution in [2.75, 3.05) is 24.5 Å². The Bertz CT molecular complexity index is 785.